The van der Waals surface area contributed by atoms with E-state index in [1.807, 2.05) is 0 Å². The third-order valence-electron chi connectivity index (χ3n) is 3.90. The Morgan fingerprint density at radius 1 is 0.963 bits per heavy atom. The summed E-state index contributed by atoms with van der Waals surface area (Å²) < 4.78 is 20.3. The molecule has 0 aliphatic rings. The lowest BCUT2D eigenvalue weighted by Crippen LogP contribution is -2.20. The Kier molecular flexibility index (Phi) is 5.21. The SMILES string of the molecule is COc1ccc(OC)c(C(=O)COC(=O)c2cc3ccccc3oc2=O)c1. The summed E-state index contributed by atoms with van der Waals surface area (Å²) in [6, 6.07) is 12.8. The summed E-state index contributed by atoms with van der Waals surface area (Å²) in [5.41, 5.74) is -0.546. The molecule has 0 atom stereocenters. The van der Waals surface area contributed by atoms with Crippen molar-refractivity contribution in [2.75, 3.05) is 20.8 Å². The van der Waals surface area contributed by atoms with E-state index < -0.39 is 24.0 Å². The molecule has 0 fully saturated rings. The van der Waals surface area contributed by atoms with Crippen molar-refractivity contribution in [3.05, 3.63) is 70.1 Å². The zero-order valence-corrected chi connectivity index (χ0v) is 14.7. The lowest BCUT2D eigenvalue weighted by atomic mass is 10.1. The average molecular weight is 368 g/mol. The molecule has 0 amide bonds. The number of carbonyl (C=O) groups excluding carboxylic acids is 2. The van der Waals surface area contributed by atoms with E-state index in [0.717, 1.165) is 0 Å². The van der Waals surface area contributed by atoms with Crippen molar-refractivity contribution >= 4 is 22.7 Å². The van der Waals surface area contributed by atoms with Crippen molar-refractivity contribution in [3.63, 3.8) is 0 Å². The lowest BCUT2D eigenvalue weighted by molar-refractivity contribution is 0.0470. The number of rotatable bonds is 6. The number of esters is 1. The second-order valence-electron chi connectivity index (χ2n) is 5.55. The lowest BCUT2D eigenvalue weighted by Gasteiger charge is -2.10. The molecule has 7 heteroatoms. The van der Waals surface area contributed by atoms with E-state index in [1.165, 1.54) is 26.4 Å². The van der Waals surface area contributed by atoms with Gasteiger partial charge in [0.2, 0.25) is 5.78 Å². The molecule has 27 heavy (non-hydrogen) atoms. The van der Waals surface area contributed by atoms with Gasteiger partial charge < -0.3 is 18.6 Å². The molecule has 7 nitrogen and oxygen atoms in total. The molecule has 0 bridgehead atoms. The Morgan fingerprint density at radius 2 is 1.74 bits per heavy atom. The number of Topliss-reactive ketones (excluding diaryl/α,β-unsaturated/α-hetero) is 1. The van der Waals surface area contributed by atoms with Gasteiger partial charge in [0.05, 0.1) is 19.8 Å². The highest BCUT2D eigenvalue weighted by molar-refractivity contribution is 6.02. The van der Waals surface area contributed by atoms with Gasteiger partial charge in [-0.05, 0) is 30.3 Å². The van der Waals surface area contributed by atoms with Crippen LogP contribution < -0.4 is 15.1 Å². The first kappa shape index (κ1) is 18.2. The molecule has 0 unspecified atom stereocenters. The van der Waals surface area contributed by atoms with Gasteiger partial charge in [-0.3, -0.25) is 4.79 Å². The van der Waals surface area contributed by atoms with Gasteiger partial charge in [0, 0.05) is 5.39 Å². The molecule has 1 heterocycles. The van der Waals surface area contributed by atoms with Crippen LogP contribution in [0.5, 0.6) is 11.5 Å². The smallest absolute Gasteiger partial charge is 0.351 e. The number of carbonyl (C=O) groups is 2. The van der Waals surface area contributed by atoms with Crippen LogP contribution in [-0.2, 0) is 4.74 Å². The number of ketones is 1. The Hall–Kier alpha value is -3.61. The average Bonchev–Trinajstić information content (AvgIpc) is 2.70. The fourth-order valence-corrected chi connectivity index (χ4v) is 2.52. The minimum Gasteiger partial charge on any atom is -0.497 e. The molecule has 0 aliphatic heterocycles. The third-order valence-corrected chi connectivity index (χ3v) is 3.90. The van der Waals surface area contributed by atoms with Gasteiger partial charge in [0.25, 0.3) is 0 Å². The Bertz CT molecular complexity index is 1070. The maximum Gasteiger partial charge on any atom is 0.351 e. The molecule has 1 aromatic heterocycles. The van der Waals surface area contributed by atoms with E-state index >= 15 is 0 Å². The second-order valence-corrected chi connectivity index (χ2v) is 5.55. The molecule has 0 spiro atoms. The molecule has 0 saturated heterocycles. The molecule has 0 aliphatic carbocycles. The maximum absolute atomic E-state index is 12.4. The summed E-state index contributed by atoms with van der Waals surface area (Å²) in [7, 11) is 2.89. The van der Waals surface area contributed by atoms with Crippen LogP contribution in [0.15, 0.2) is 57.7 Å². The fraction of sp³-hybridized carbons (Fsp3) is 0.150. The Balaban J connectivity index is 1.79. The van der Waals surface area contributed by atoms with E-state index in [-0.39, 0.29) is 11.1 Å². The first-order chi connectivity index (χ1) is 13.0. The van der Waals surface area contributed by atoms with E-state index in [9.17, 15) is 14.4 Å². The summed E-state index contributed by atoms with van der Waals surface area (Å²) in [6.07, 6.45) is 0. The number of benzene rings is 2. The molecule has 138 valence electrons. The van der Waals surface area contributed by atoms with Crippen molar-refractivity contribution in [3.8, 4) is 11.5 Å². The van der Waals surface area contributed by atoms with Crippen LogP contribution >= 0.6 is 0 Å². The minimum atomic E-state index is -0.940. The summed E-state index contributed by atoms with van der Waals surface area (Å²) in [4.78, 5) is 36.6. The summed E-state index contributed by atoms with van der Waals surface area (Å²) >= 11 is 0. The van der Waals surface area contributed by atoms with Crippen LogP contribution in [0.25, 0.3) is 11.0 Å². The van der Waals surface area contributed by atoms with Crippen LogP contribution in [0.2, 0.25) is 0 Å². The summed E-state index contributed by atoms with van der Waals surface area (Å²) in [5.74, 6) is -0.656. The predicted octanol–water partition coefficient (Wildman–Crippen LogP) is 2.85. The van der Waals surface area contributed by atoms with Gasteiger partial charge in [0.1, 0.15) is 22.6 Å². The van der Waals surface area contributed by atoms with E-state index in [0.29, 0.717) is 22.5 Å². The van der Waals surface area contributed by atoms with Crippen LogP contribution in [0, 0.1) is 0 Å². The molecule has 0 N–H and O–H groups in total. The van der Waals surface area contributed by atoms with Gasteiger partial charge in [-0.15, -0.1) is 0 Å². The van der Waals surface area contributed by atoms with Gasteiger partial charge in [-0.2, -0.15) is 0 Å². The maximum atomic E-state index is 12.4. The van der Waals surface area contributed by atoms with Crippen molar-refractivity contribution in [1.82, 2.24) is 0 Å². The highest BCUT2D eigenvalue weighted by Gasteiger charge is 2.19. The van der Waals surface area contributed by atoms with Crippen LogP contribution in [0.4, 0.5) is 0 Å². The molecular weight excluding hydrogens is 352 g/mol. The quantitative estimate of drug-likeness (QED) is 0.375. The summed E-state index contributed by atoms with van der Waals surface area (Å²) in [5, 5.41) is 0.574. The fourth-order valence-electron chi connectivity index (χ4n) is 2.52. The first-order valence-electron chi connectivity index (χ1n) is 7.98. The zero-order valence-electron chi connectivity index (χ0n) is 14.7. The largest absolute Gasteiger partial charge is 0.497 e. The first-order valence-corrected chi connectivity index (χ1v) is 7.98. The Morgan fingerprint density at radius 3 is 2.48 bits per heavy atom. The topological polar surface area (TPSA) is 92.0 Å². The van der Waals surface area contributed by atoms with Crippen LogP contribution in [-0.4, -0.2) is 32.6 Å². The zero-order chi connectivity index (χ0) is 19.4. The minimum absolute atomic E-state index is 0.204. The second kappa shape index (κ2) is 7.74. The van der Waals surface area contributed by atoms with Crippen LogP contribution in [0.1, 0.15) is 20.7 Å². The normalized spacial score (nSPS) is 10.4. The summed E-state index contributed by atoms with van der Waals surface area (Å²) in [6.45, 7) is -0.561. The highest BCUT2D eigenvalue weighted by Crippen LogP contribution is 2.24. The number of ether oxygens (including phenoxy) is 3. The molecular formula is C20H16O7. The van der Waals surface area contributed by atoms with E-state index in [4.69, 9.17) is 18.6 Å². The molecule has 3 aromatic rings. The van der Waals surface area contributed by atoms with Gasteiger partial charge in [0.15, 0.2) is 6.61 Å². The molecule has 2 aromatic carbocycles. The number of methoxy groups -OCH3 is 2. The van der Waals surface area contributed by atoms with Crippen molar-refractivity contribution < 1.29 is 28.2 Å². The highest BCUT2D eigenvalue weighted by atomic mass is 16.5. The monoisotopic (exact) mass is 368 g/mol. The van der Waals surface area contributed by atoms with Crippen molar-refractivity contribution in [2.24, 2.45) is 0 Å². The van der Waals surface area contributed by atoms with Crippen LogP contribution in [0.3, 0.4) is 0 Å². The number of fused-ring (bicyclic) bond motifs is 1. The number of hydrogen-bond donors (Lipinski definition) is 0. The van der Waals surface area contributed by atoms with Gasteiger partial charge in [-0.25, -0.2) is 9.59 Å². The van der Waals surface area contributed by atoms with Crippen molar-refractivity contribution in [2.45, 2.75) is 0 Å². The molecule has 3 rings (SSSR count). The Labute approximate surface area is 154 Å². The molecule has 0 saturated carbocycles. The number of hydrogen-bond acceptors (Lipinski definition) is 7. The van der Waals surface area contributed by atoms with E-state index in [2.05, 4.69) is 0 Å². The van der Waals surface area contributed by atoms with Gasteiger partial charge in [-0.1, -0.05) is 18.2 Å². The number of para-hydroxylation sites is 1. The predicted molar refractivity (Wildman–Crippen MR) is 96.6 cm³/mol. The van der Waals surface area contributed by atoms with E-state index in [1.54, 1.807) is 36.4 Å². The standard InChI is InChI=1S/C20H16O7/c1-24-13-7-8-18(25-2)14(10-13)16(21)11-26-19(22)15-9-12-5-3-4-6-17(12)27-20(15)23/h3-10H,11H2,1-2H3. The molecule has 0 radical (unpaired) electrons. The third kappa shape index (κ3) is 3.82. The van der Waals surface area contributed by atoms with Gasteiger partial charge >= 0.3 is 11.6 Å². The van der Waals surface area contributed by atoms with Crippen molar-refractivity contribution in [1.29, 1.82) is 0 Å².